The number of likely N-dealkylation sites (N-methyl/N-ethyl adjacent to an activating group) is 1. The van der Waals surface area contributed by atoms with Crippen molar-refractivity contribution in [1.29, 1.82) is 0 Å². The Labute approximate surface area is 122 Å². The molecule has 7 nitrogen and oxygen atoms in total. The third kappa shape index (κ3) is 2.58. The van der Waals surface area contributed by atoms with Gasteiger partial charge in [-0.15, -0.1) is 11.3 Å². The molecule has 0 unspecified atom stereocenters. The molecule has 1 aliphatic heterocycles. The molecule has 3 N–H and O–H groups in total. The number of rotatable bonds is 3. The Morgan fingerprint density at radius 2 is 2.15 bits per heavy atom. The Morgan fingerprint density at radius 3 is 2.65 bits per heavy atom. The molecule has 112 valence electrons. The van der Waals surface area contributed by atoms with E-state index in [4.69, 9.17) is 5.73 Å². The summed E-state index contributed by atoms with van der Waals surface area (Å²) < 4.78 is 26.8. The molecular formula is C11H18N4O3S2. The van der Waals surface area contributed by atoms with Gasteiger partial charge in [-0.3, -0.25) is 4.79 Å². The predicted molar refractivity (Wildman–Crippen MR) is 75.9 cm³/mol. The quantitative estimate of drug-likeness (QED) is 0.788. The number of sulfonamides is 1. The van der Waals surface area contributed by atoms with E-state index in [2.05, 4.69) is 10.3 Å². The van der Waals surface area contributed by atoms with Gasteiger partial charge in [0.25, 0.3) is 10.0 Å². The molecule has 0 radical (unpaired) electrons. The maximum Gasteiger partial charge on any atom is 0.255 e. The van der Waals surface area contributed by atoms with Gasteiger partial charge in [0.05, 0.1) is 10.7 Å². The van der Waals surface area contributed by atoms with Gasteiger partial charge in [-0.2, -0.15) is 4.31 Å². The fraction of sp³-hybridized carbons (Fsp3) is 0.636. The molecule has 2 rings (SSSR count). The summed E-state index contributed by atoms with van der Waals surface area (Å²) in [6, 6.07) is -1.08. The van der Waals surface area contributed by atoms with Crippen molar-refractivity contribution in [3.05, 3.63) is 10.7 Å². The first-order valence-corrected chi connectivity index (χ1v) is 8.46. The van der Waals surface area contributed by atoms with Crippen LogP contribution in [-0.2, 0) is 14.8 Å². The number of nitrogens with one attached hydrogen (secondary N) is 1. The lowest BCUT2D eigenvalue weighted by atomic mass is 10.2. The predicted octanol–water partition coefficient (Wildman–Crippen LogP) is -0.404. The Balaban J connectivity index is 2.42. The van der Waals surface area contributed by atoms with E-state index in [-0.39, 0.29) is 22.7 Å². The van der Waals surface area contributed by atoms with Crippen LogP contribution in [0.2, 0.25) is 0 Å². The van der Waals surface area contributed by atoms with Gasteiger partial charge < -0.3 is 11.1 Å². The van der Waals surface area contributed by atoms with Gasteiger partial charge in [0, 0.05) is 19.6 Å². The largest absolute Gasteiger partial charge is 0.358 e. The average Bonchev–Trinajstić information content (AvgIpc) is 2.92. The second-order valence-corrected chi connectivity index (χ2v) is 8.10. The van der Waals surface area contributed by atoms with Gasteiger partial charge in [-0.25, -0.2) is 13.4 Å². The fourth-order valence-electron chi connectivity index (χ4n) is 2.37. The second kappa shape index (κ2) is 5.40. The molecule has 0 aliphatic carbocycles. The first kappa shape index (κ1) is 15.4. The van der Waals surface area contributed by atoms with Crippen molar-refractivity contribution in [3.8, 4) is 0 Å². The van der Waals surface area contributed by atoms with Crippen LogP contribution in [0.15, 0.2) is 4.21 Å². The minimum absolute atomic E-state index is 0.150. The van der Waals surface area contributed by atoms with Gasteiger partial charge in [0.2, 0.25) is 5.91 Å². The van der Waals surface area contributed by atoms with Crippen LogP contribution in [0.4, 0.5) is 0 Å². The van der Waals surface area contributed by atoms with Gasteiger partial charge in [-0.1, -0.05) is 0 Å². The lowest BCUT2D eigenvalue weighted by molar-refractivity contribution is -0.123. The van der Waals surface area contributed by atoms with Crippen molar-refractivity contribution in [2.45, 2.75) is 36.6 Å². The van der Waals surface area contributed by atoms with Crippen LogP contribution in [0.5, 0.6) is 0 Å². The Hall–Kier alpha value is -1.03. The van der Waals surface area contributed by atoms with Crippen molar-refractivity contribution in [3.63, 3.8) is 0 Å². The van der Waals surface area contributed by atoms with Gasteiger partial charge >= 0.3 is 0 Å². The summed E-state index contributed by atoms with van der Waals surface area (Å²) in [5.41, 5.74) is 6.29. The molecule has 1 aromatic rings. The van der Waals surface area contributed by atoms with E-state index in [9.17, 15) is 13.2 Å². The molecule has 1 aliphatic rings. The summed E-state index contributed by atoms with van der Waals surface area (Å²) in [6.45, 7) is 3.56. The number of thiazole rings is 1. The summed E-state index contributed by atoms with van der Waals surface area (Å²) in [4.78, 5) is 16.0. The van der Waals surface area contributed by atoms with E-state index < -0.39 is 16.1 Å². The molecule has 1 saturated heterocycles. The zero-order valence-electron chi connectivity index (χ0n) is 11.6. The highest BCUT2D eigenvalue weighted by atomic mass is 32.2. The number of nitrogens with zero attached hydrogens (tertiary/aromatic N) is 2. The molecule has 9 heteroatoms. The highest BCUT2D eigenvalue weighted by molar-refractivity contribution is 7.91. The zero-order valence-corrected chi connectivity index (χ0v) is 13.2. The topological polar surface area (TPSA) is 105 Å². The third-order valence-corrected chi connectivity index (χ3v) is 6.78. The Bertz CT molecular complexity index is 626. The van der Waals surface area contributed by atoms with Gasteiger partial charge in [0.1, 0.15) is 6.04 Å². The molecule has 0 aromatic carbocycles. The number of nitrogens with two attached hydrogens (primary N) is 1. The van der Waals surface area contributed by atoms with Crippen molar-refractivity contribution in [2.75, 3.05) is 13.6 Å². The number of carbonyl (C=O) groups excluding carboxylic acids is 1. The van der Waals surface area contributed by atoms with E-state index in [1.54, 1.807) is 13.8 Å². The average molecular weight is 318 g/mol. The molecule has 1 aromatic heterocycles. The number of aromatic nitrogens is 1. The molecule has 1 fully saturated rings. The minimum Gasteiger partial charge on any atom is -0.358 e. The summed E-state index contributed by atoms with van der Waals surface area (Å²) in [6.07, 6.45) is 0.329. The third-order valence-electron chi connectivity index (χ3n) is 3.24. The van der Waals surface area contributed by atoms with Crippen LogP contribution in [0.1, 0.15) is 17.1 Å². The van der Waals surface area contributed by atoms with Gasteiger partial charge in [-0.05, 0) is 20.3 Å². The van der Waals surface area contributed by atoms with E-state index in [0.29, 0.717) is 17.1 Å². The van der Waals surface area contributed by atoms with Crippen LogP contribution in [-0.4, -0.2) is 49.3 Å². The van der Waals surface area contributed by atoms with E-state index >= 15 is 0 Å². The number of aryl methyl sites for hydroxylation is 2. The minimum atomic E-state index is -3.74. The van der Waals surface area contributed by atoms with Crippen LogP contribution >= 0.6 is 11.3 Å². The van der Waals surface area contributed by atoms with Crippen molar-refractivity contribution in [2.24, 2.45) is 5.73 Å². The summed E-state index contributed by atoms with van der Waals surface area (Å²) in [5, 5.41) is 3.17. The molecule has 20 heavy (non-hydrogen) atoms. The zero-order chi connectivity index (χ0) is 15.1. The maximum atomic E-state index is 12.7. The van der Waals surface area contributed by atoms with Gasteiger partial charge in [0.15, 0.2) is 4.21 Å². The normalized spacial score (nSPS) is 24.0. The molecule has 1 amide bonds. The van der Waals surface area contributed by atoms with Crippen LogP contribution in [0.3, 0.4) is 0 Å². The van der Waals surface area contributed by atoms with Crippen LogP contribution < -0.4 is 11.1 Å². The Kier molecular flexibility index (Phi) is 4.14. The number of hydrogen-bond acceptors (Lipinski definition) is 6. The number of carbonyl (C=O) groups is 1. The summed E-state index contributed by atoms with van der Waals surface area (Å²) >= 11 is 1.12. The lowest BCUT2D eigenvalue weighted by Gasteiger charge is -2.21. The molecular weight excluding hydrogens is 300 g/mol. The molecule has 2 heterocycles. The second-order valence-electron chi connectivity index (χ2n) is 4.81. The van der Waals surface area contributed by atoms with E-state index in [1.165, 1.54) is 11.4 Å². The first-order chi connectivity index (χ1) is 9.27. The highest BCUT2D eigenvalue weighted by Gasteiger charge is 2.43. The first-order valence-electron chi connectivity index (χ1n) is 6.20. The Morgan fingerprint density at radius 1 is 1.50 bits per heavy atom. The lowest BCUT2D eigenvalue weighted by Crippen LogP contribution is -2.44. The van der Waals surface area contributed by atoms with Crippen molar-refractivity contribution < 1.29 is 13.2 Å². The monoisotopic (exact) mass is 318 g/mol. The molecule has 0 bridgehead atoms. The molecule has 2 atom stereocenters. The van der Waals surface area contributed by atoms with Crippen molar-refractivity contribution >= 4 is 27.3 Å². The van der Waals surface area contributed by atoms with E-state index in [0.717, 1.165) is 11.3 Å². The number of amides is 1. The van der Waals surface area contributed by atoms with Crippen LogP contribution in [0.25, 0.3) is 0 Å². The highest BCUT2D eigenvalue weighted by Crippen LogP contribution is 2.31. The molecule has 0 spiro atoms. The van der Waals surface area contributed by atoms with Crippen LogP contribution in [0, 0.1) is 13.8 Å². The summed E-state index contributed by atoms with van der Waals surface area (Å²) in [7, 11) is -2.25. The molecule has 0 saturated carbocycles. The SMILES string of the molecule is CNC(=O)[C@@H]1C[C@@H](N)CN1S(=O)(=O)c1sc(C)nc1C. The summed E-state index contributed by atoms with van der Waals surface area (Å²) in [5.74, 6) is -0.333. The van der Waals surface area contributed by atoms with E-state index in [1.807, 2.05) is 0 Å². The maximum absolute atomic E-state index is 12.7. The standard InChI is InChI=1S/C11H18N4O3S2/c1-6-11(19-7(2)14-6)20(17,18)15-5-8(12)4-9(15)10(16)13-3/h8-9H,4-5,12H2,1-3H3,(H,13,16)/t8-,9+/m1/s1. The smallest absolute Gasteiger partial charge is 0.255 e. The fourth-order valence-corrected chi connectivity index (χ4v) is 5.62. The van der Waals surface area contributed by atoms with Crippen molar-refractivity contribution in [1.82, 2.24) is 14.6 Å². The number of hydrogen-bond donors (Lipinski definition) is 2.